The Hall–Kier alpha value is -1.31. The first-order valence-electron chi connectivity index (χ1n) is 7.57. The molecule has 0 N–H and O–H groups in total. The third kappa shape index (κ3) is 2.99. The van der Waals surface area contributed by atoms with Crippen LogP contribution in [0.2, 0.25) is 0 Å². The molecule has 2 unspecified atom stereocenters. The van der Waals surface area contributed by atoms with Crippen molar-refractivity contribution in [1.82, 2.24) is 4.90 Å². The summed E-state index contributed by atoms with van der Waals surface area (Å²) in [5, 5.41) is 0. The van der Waals surface area contributed by atoms with Crippen LogP contribution in [0.1, 0.15) is 31.7 Å². The average molecular weight is 257 g/mol. The number of hydrogen-bond donors (Lipinski definition) is 0. The van der Waals surface area contributed by atoms with Crippen LogP contribution in [0.3, 0.4) is 0 Å². The smallest absolute Gasteiger partial charge is 0.225 e. The molecule has 0 radical (unpaired) electrons. The number of amides is 1. The zero-order chi connectivity index (χ0) is 13.2. The molecule has 2 aliphatic rings. The molecule has 2 heteroatoms. The van der Waals surface area contributed by atoms with E-state index in [0.717, 1.165) is 25.4 Å². The molecule has 1 aliphatic heterocycles. The van der Waals surface area contributed by atoms with E-state index in [-0.39, 0.29) is 0 Å². The molecule has 1 heterocycles. The van der Waals surface area contributed by atoms with Gasteiger partial charge < -0.3 is 4.90 Å². The quantitative estimate of drug-likeness (QED) is 0.814. The minimum atomic E-state index is 0.352. The van der Waals surface area contributed by atoms with Crippen molar-refractivity contribution in [2.45, 2.75) is 32.6 Å². The van der Waals surface area contributed by atoms with Gasteiger partial charge >= 0.3 is 0 Å². The molecule has 1 aliphatic carbocycles. The summed E-state index contributed by atoms with van der Waals surface area (Å²) < 4.78 is 0. The molecule has 1 aromatic carbocycles. The SMILES string of the molecule is CC1CC1C(=O)N1CCC(Cc2ccccc2)CC1. The zero-order valence-electron chi connectivity index (χ0n) is 11.7. The third-order valence-electron chi connectivity index (χ3n) is 4.72. The van der Waals surface area contributed by atoms with E-state index in [0.29, 0.717) is 17.7 Å². The number of benzene rings is 1. The predicted molar refractivity (Wildman–Crippen MR) is 76.7 cm³/mol. The number of nitrogens with zero attached hydrogens (tertiary/aromatic N) is 1. The average Bonchev–Trinajstić information content (AvgIpc) is 3.17. The molecule has 2 nitrogen and oxygen atoms in total. The second kappa shape index (κ2) is 5.36. The van der Waals surface area contributed by atoms with Crippen LogP contribution in [-0.4, -0.2) is 23.9 Å². The van der Waals surface area contributed by atoms with Gasteiger partial charge in [-0.1, -0.05) is 37.3 Å². The lowest BCUT2D eigenvalue weighted by Crippen LogP contribution is -2.40. The normalized spacial score (nSPS) is 27.3. The lowest BCUT2D eigenvalue weighted by atomic mass is 9.90. The van der Waals surface area contributed by atoms with Gasteiger partial charge in [0.1, 0.15) is 0 Å². The molecule has 3 rings (SSSR count). The maximum atomic E-state index is 12.2. The molecule has 102 valence electrons. The second-order valence-electron chi connectivity index (χ2n) is 6.28. The van der Waals surface area contributed by atoms with Crippen LogP contribution >= 0.6 is 0 Å². The summed E-state index contributed by atoms with van der Waals surface area (Å²) >= 11 is 0. The van der Waals surface area contributed by atoms with Gasteiger partial charge in [0.2, 0.25) is 5.91 Å². The number of carbonyl (C=O) groups excluding carboxylic acids is 1. The van der Waals surface area contributed by atoms with Crippen molar-refractivity contribution < 1.29 is 4.79 Å². The van der Waals surface area contributed by atoms with Gasteiger partial charge in [0.05, 0.1) is 0 Å². The van der Waals surface area contributed by atoms with E-state index in [2.05, 4.69) is 42.2 Å². The van der Waals surface area contributed by atoms with Gasteiger partial charge in [0.15, 0.2) is 0 Å². The third-order valence-corrected chi connectivity index (χ3v) is 4.72. The van der Waals surface area contributed by atoms with Crippen molar-refractivity contribution in [3.63, 3.8) is 0 Å². The number of likely N-dealkylation sites (tertiary alicyclic amines) is 1. The number of hydrogen-bond acceptors (Lipinski definition) is 1. The van der Waals surface area contributed by atoms with Gasteiger partial charge in [0, 0.05) is 19.0 Å². The Morgan fingerprint density at radius 2 is 1.84 bits per heavy atom. The fourth-order valence-electron chi connectivity index (χ4n) is 3.21. The topological polar surface area (TPSA) is 20.3 Å². The molecule has 1 aromatic rings. The summed E-state index contributed by atoms with van der Waals surface area (Å²) in [6, 6.07) is 10.7. The summed E-state index contributed by atoms with van der Waals surface area (Å²) in [7, 11) is 0. The van der Waals surface area contributed by atoms with E-state index in [1.54, 1.807) is 0 Å². The molecule has 2 atom stereocenters. The maximum Gasteiger partial charge on any atom is 0.225 e. The molecule has 0 spiro atoms. The van der Waals surface area contributed by atoms with E-state index < -0.39 is 0 Å². The van der Waals surface area contributed by atoms with Crippen LogP contribution in [0.4, 0.5) is 0 Å². The first kappa shape index (κ1) is 12.7. The summed E-state index contributed by atoms with van der Waals surface area (Å²) in [6.07, 6.45) is 4.62. The Morgan fingerprint density at radius 1 is 1.21 bits per heavy atom. The van der Waals surface area contributed by atoms with Gasteiger partial charge in [-0.3, -0.25) is 4.79 Å². The highest BCUT2D eigenvalue weighted by molar-refractivity contribution is 5.81. The molecule has 19 heavy (non-hydrogen) atoms. The molecule has 2 fully saturated rings. The minimum Gasteiger partial charge on any atom is -0.342 e. The van der Waals surface area contributed by atoms with Crippen LogP contribution in [0.5, 0.6) is 0 Å². The van der Waals surface area contributed by atoms with Crippen molar-refractivity contribution in [3.8, 4) is 0 Å². The van der Waals surface area contributed by atoms with Gasteiger partial charge in [-0.15, -0.1) is 0 Å². The van der Waals surface area contributed by atoms with Crippen LogP contribution < -0.4 is 0 Å². The van der Waals surface area contributed by atoms with E-state index in [1.165, 1.54) is 24.8 Å². The van der Waals surface area contributed by atoms with E-state index in [1.807, 2.05) is 0 Å². The van der Waals surface area contributed by atoms with Crippen LogP contribution in [0.25, 0.3) is 0 Å². The summed E-state index contributed by atoms with van der Waals surface area (Å²) in [4.78, 5) is 14.3. The van der Waals surface area contributed by atoms with Crippen molar-refractivity contribution in [2.75, 3.05) is 13.1 Å². The highest BCUT2D eigenvalue weighted by Crippen LogP contribution is 2.39. The summed E-state index contributed by atoms with van der Waals surface area (Å²) in [5.74, 6) is 2.16. The molecule has 0 bridgehead atoms. The van der Waals surface area contributed by atoms with Gasteiger partial charge in [-0.05, 0) is 43.1 Å². The van der Waals surface area contributed by atoms with E-state index in [4.69, 9.17) is 0 Å². The van der Waals surface area contributed by atoms with Gasteiger partial charge in [-0.2, -0.15) is 0 Å². The first-order valence-corrected chi connectivity index (χ1v) is 7.57. The van der Waals surface area contributed by atoms with Gasteiger partial charge in [0.25, 0.3) is 0 Å². The standard InChI is InChI=1S/C17H23NO/c1-13-11-16(13)17(19)18-9-7-15(8-10-18)12-14-5-3-2-4-6-14/h2-6,13,15-16H,7-12H2,1H3. The highest BCUT2D eigenvalue weighted by atomic mass is 16.2. The van der Waals surface area contributed by atoms with Gasteiger partial charge in [-0.25, -0.2) is 0 Å². The summed E-state index contributed by atoms with van der Waals surface area (Å²) in [6.45, 7) is 4.13. The Labute approximate surface area is 115 Å². The van der Waals surface area contributed by atoms with E-state index >= 15 is 0 Å². The Kier molecular flexibility index (Phi) is 3.58. The Bertz CT molecular complexity index is 434. The lowest BCUT2D eigenvalue weighted by molar-refractivity contribution is -0.134. The molecule has 1 saturated heterocycles. The monoisotopic (exact) mass is 257 g/mol. The number of carbonyl (C=O) groups is 1. The first-order chi connectivity index (χ1) is 9.24. The van der Waals surface area contributed by atoms with Crippen LogP contribution in [0, 0.1) is 17.8 Å². The molecule has 0 aromatic heterocycles. The molecule has 1 saturated carbocycles. The second-order valence-corrected chi connectivity index (χ2v) is 6.28. The molecular weight excluding hydrogens is 234 g/mol. The largest absolute Gasteiger partial charge is 0.342 e. The van der Waals surface area contributed by atoms with Crippen LogP contribution in [0.15, 0.2) is 30.3 Å². The fraction of sp³-hybridized carbons (Fsp3) is 0.588. The van der Waals surface area contributed by atoms with Crippen molar-refractivity contribution in [2.24, 2.45) is 17.8 Å². The van der Waals surface area contributed by atoms with Crippen molar-refractivity contribution in [3.05, 3.63) is 35.9 Å². The predicted octanol–water partition coefficient (Wildman–Crippen LogP) is 3.12. The van der Waals surface area contributed by atoms with Crippen molar-refractivity contribution in [1.29, 1.82) is 0 Å². The lowest BCUT2D eigenvalue weighted by Gasteiger charge is -2.32. The molecule has 1 amide bonds. The highest BCUT2D eigenvalue weighted by Gasteiger charge is 2.41. The molecular formula is C17H23NO. The Balaban J connectivity index is 1.48. The number of rotatable bonds is 3. The minimum absolute atomic E-state index is 0.352. The number of piperidine rings is 1. The Morgan fingerprint density at radius 3 is 2.42 bits per heavy atom. The van der Waals surface area contributed by atoms with E-state index in [9.17, 15) is 4.79 Å². The summed E-state index contributed by atoms with van der Waals surface area (Å²) in [5.41, 5.74) is 1.43. The maximum absolute atomic E-state index is 12.2. The zero-order valence-corrected chi connectivity index (χ0v) is 11.7. The fourth-order valence-corrected chi connectivity index (χ4v) is 3.21. The van der Waals surface area contributed by atoms with Crippen molar-refractivity contribution >= 4 is 5.91 Å². The van der Waals surface area contributed by atoms with Crippen LogP contribution in [-0.2, 0) is 11.2 Å².